The minimum Gasteiger partial charge on any atom is -0.385 e. The van der Waals surface area contributed by atoms with Gasteiger partial charge in [-0.25, -0.2) is 0 Å². The number of carbonyl (C=O) groups excluding carboxylic acids is 2. The molecule has 6 heteroatoms. The highest BCUT2D eigenvalue weighted by Crippen LogP contribution is 2.49. The number of primary amides is 1. The third-order valence-corrected chi connectivity index (χ3v) is 6.21. The number of ether oxygens (including phenoxy) is 1. The van der Waals surface area contributed by atoms with Gasteiger partial charge >= 0.3 is 0 Å². The number of hydrogen-bond acceptors (Lipinski definition) is 4. The monoisotopic (exact) mass is 339 g/mol. The quantitative estimate of drug-likeness (QED) is 0.678. The topological polar surface area (TPSA) is 75.9 Å². The SMILES string of the molecule is COCCC[C@]1(N(C)C)CC[C@]2(CC1)CC(=O)N(CCC(N)=O)C2. The Hall–Kier alpha value is -1.14. The van der Waals surface area contributed by atoms with Crippen LogP contribution in [-0.2, 0) is 14.3 Å². The van der Waals surface area contributed by atoms with E-state index in [0.717, 1.165) is 51.7 Å². The summed E-state index contributed by atoms with van der Waals surface area (Å²) in [7, 11) is 6.09. The maximum absolute atomic E-state index is 12.3. The molecule has 0 radical (unpaired) electrons. The molecule has 1 aliphatic carbocycles. The first kappa shape index (κ1) is 19.2. The molecule has 24 heavy (non-hydrogen) atoms. The Kier molecular flexibility index (Phi) is 6.26. The molecule has 1 saturated carbocycles. The van der Waals surface area contributed by atoms with Gasteiger partial charge in [0.2, 0.25) is 11.8 Å². The van der Waals surface area contributed by atoms with Gasteiger partial charge in [0.15, 0.2) is 0 Å². The zero-order valence-corrected chi connectivity index (χ0v) is 15.5. The Balaban J connectivity index is 1.95. The molecule has 1 saturated heterocycles. The minimum absolute atomic E-state index is 0.107. The molecule has 0 atom stereocenters. The van der Waals surface area contributed by atoms with Crippen LogP contribution < -0.4 is 5.73 Å². The van der Waals surface area contributed by atoms with Crippen LogP contribution >= 0.6 is 0 Å². The van der Waals surface area contributed by atoms with Crippen LogP contribution in [-0.4, -0.2) is 68.1 Å². The molecule has 0 bridgehead atoms. The number of carbonyl (C=O) groups is 2. The second-order valence-corrected chi connectivity index (χ2v) is 7.92. The molecule has 0 unspecified atom stereocenters. The Bertz CT molecular complexity index is 456. The van der Waals surface area contributed by atoms with E-state index in [1.54, 1.807) is 7.11 Å². The van der Waals surface area contributed by atoms with Gasteiger partial charge in [0.1, 0.15) is 0 Å². The second-order valence-electron chi connectivity index (χ2n) is 7.92. The lowest BCUT2D eigenvalue weighted by Crippen LogP contribution is -2.49. The van der Waals surface area contributed by atoms with Crippen molar-refractivity contribution in [1.29, 1.82) is 0 Å². The maximum Gasteiger partial charge on any atom is 0.223 e. The van der Waals surface area contributed by atoms with E-state index in [0.29, 0.717) is 13.0 Å². The van der Waals surface area contributed by atoms with E-state index < -0.39 is 0 Å². The largest absolute Gasteiger partial charge is 0.385 e. The molecular weight excluding hydrogens is 306 g/mol. The van der Waals surface area contributed by atoms with Crippen molar-refractivity contribution < 1.29 is 14.3 Å². The van der Waals surface area contributed by atoms with E-state index in [9.17, 15) is 9.59 Å². The average Bonchev–Trinajstić information content (AvgIpc) is 2.83. The average molecular weight is 339 g/mol. The van der Waals surface area contributed by atoms with Crippen molar-refractivity contribution in [3.05, 3.63) is 0 Å². The van der Waals surface area contributed by atoms with Crippen LogP contribution in [0, 0.1) is 5.41 Å². The summed E-state index contributed by atoms with van der Waals surface area (Å²) in [6.07, 6.45) is 7.53. The number of amides is 2. The van der Waals surface area contributed by atoms with E-state index in [4.69, 9.17) is 10.5 Å². The van der Waals surface area contributed by atoms with Gasteiger partial charge in [-0.3, -0.25) is 9.59 Å². The minimum atomic E-state index is -0.336. The van der Waals surface area contributed by atoms with Gasteiger partial charge in [0, 0.05) is 45.2 Å². The summed E-state index contributed by atoms with van der Waals surface area (Å²) < 4.78 is 5.22. The molecule has 0 aromatic heterocycles. The summed E-state index contributed by atoms with van der Waals surface area (Å²) in [5.74, 6) is -0.148. The van der Waals surface area contributed by atoms with Gasteiger partial charge in [-0.1, -0.05) is 0 Å². The summed E-state index contributed by atoms with van der Waals surface area (Å²) in [6.45, 7) is 2.07. The van der Waals surface area contributed by atoms with E-state index in [-0.39, 0.29) is 29.2 Å². The molecular formula is C18H33N3O3. The molecule has 2 amide bonds. The second kappa shape index (κ2) is 7.83. The van der Waals surface area contributed by atoms with Gasteiger partial charge in [-0.15, -0.1) is 0 Å². The Morgan fingerprint density at radius 3 is 2.50 bits per heavy atom. The highest BCUT2D eigenvalue weighted by molar-refractivity contribution is 5.80. The first-order valence-electron chi connectivity index (χ1n) is 9.05. The number of nitrogens with zero attached hydrogens (tertiary/aromatic N) is 2. The summed E-state index contributed by atoms with van der Waals surface area (Å²) in [6, 6.07) is 0. The number of methoxy groups -OCH3 is 1. The third-order valence-electron chi connectivity index (χ3n) is 6.21. The molecule has 138 valence electrons. The Labute approximate surface area is 145 Å². The summed E-state index contributed by atoms with van der Waals surface area (Å²) in [4.78, 5) is 27.5. The van der Waals surface area contributed by atoms with E-state index in [1.165, 1.54) is 0 Å². The molecule has 0 aromatic rings. The number of nitrogens with two attached hydrogens (primary N) is 1. The number of hydrogen-bond donors (Lipinski definition) is 1. The number of likely N-dealkylation sites (tertiary alicyclic amines) is 1. The van der Waals surface area contributed by atoms with Crippen molar-refractivity contribution in [3.8, 4) is 0 Å². The van der Waals surface area contributed by atoms with Crippen molar-refractivity contribution in [2.45, 2.75) is 56.9 Å². The van der Waals surface area contributed by atoms with Crippen molar-refractivity contribution in [2.75, 3.05) is 40.9 Å². The molecule has 0 aromatic carbocycles. The maximum atomic E-state index is 12.3. The standard InChI is InChI=1S/C18H33N3O3/c1-20(2)18(6-4-12-24-3)9-7-17(8-10-18)13-16(23)21(14-17)11-5-15(19)22/h4-14H2,1-3H3,(H2,19,22)/t17-,18-. The van der Waals surface area contributed by atoms with Crippen LogP contribution in [0.4, 0.5) is 0 Å². The first-order chi connectivity index (χ1) is 11.3. The highest BCUT2D eigenvalue weighted by Gasteiger charge is 2.49. The molecule has 2 fully saturated rings. The van der Waals surface area contributed by atoms with Gasteiger partial charge in [0.25, 0.3) is 0 Å². The smallest absolute Gasteiger partial charge is 0.223 e. The van der Waals surface area contributed by atoms with Crippen LogP contribution in [0.25, 0.3) is 0 Å². The van der Waals surface area contributed by atoms with Gasteiger partial charge < -0.3 is 20.3 Å². The van der Waals surface area contributed by atoms with Crippen LogP contribution in [0.3, 0.4) is 0 Å². The first-order valence-corrected chi connectivity index (χ1v) is 9.05. The van der Waals surface area contributed by atoms with Crippen molar-refractivity contribution in [1.82, 2.24) is 9.80 Å². The molecule has 6 nitrogen and oxygen atoms in total. The predicted molar refractivity (Wildman–Crippen MR) is 93.4 cm³/mol. The molecule has 2 aliphatic rings. The summed E-state index contributed by atoms with van der Waals surface area (Å²) in [5, 5.41) is 0. The van der Waals surface area contributed by atoms with Crippen molar-refractivity contribution in [2.24, 2.45) is 11.1 Å². The van der Waals surface area contributed by atoms with Crippen molar-refractivity contribution in [3.63, 3.8) is 0 Å². The van der Waals surface area contributed by atoms with Gasteiger partial charge in [0.05, 0.1) is 0 Å². The molecule has 1 aliphatic heterocycles. The molecule has 2 rings (SSSR count). The van der Waals surface area contributed by atoms with E-state index >= 15 is 0 Å². The Morgan fingerprint density at radius 1 is 1.29 bits per heavy atom. The van der Waals surface area contributed by atoms with E-state index in [1.807, 2.05) is 4.90 Å². The van der Waals surface area contributed by atoms with Crippen LogP contribution in [0.2, 0.25) is 0 Å². The lowest BCUT2D eigenvalue weighted by molar-refractivity contribution is -0.128. The normalized spacial score (nSPS) is 30.5. The zero-order chi connectivity index (χ0) is 17.8. The molecule has 1 heterocycles. The molecule has 1 spiro atoms. The number of rotatable bonds is 8. The lowest BCUT2D eigenvalue weighted by atomic mass is 9.65. The molecule has 2 N–H and O–H groups in total. The zero-order valence-electron chi connectivity index (χ0n) is 15.5. The Morgan fingerprint density at radius 2 is 1.96 bits per heavy atom. The lowest BCUT2D eigenvalue weighted by Gasteiger charge is -2.48. The van der Waals surface area contributed by atoms with Crippen LogP contribution in [0.15, 0.2) is 0 Å². The van der Waals surface area contributed by atoms with Crippen molar-refractivity contribution >= 4 is 11.8 Å². The fourth-order valence-electron chi connectivity index (χ4n) is 4.48. The summed E-state index contributed by atoms with van der Waals surface area (Å²) >= 11 is 0. The third kappa shape index (κ3) is 4.28. The fraction of sp³-hybridized carbons (Fsp3) is 0.889. The van der Waals surface area contributed by atoms with Gasteiger partial charge in [-0.05, 0) is 58.0 Å². The predicted octanol–water partition coefficient (Wildman–Crippen LogP) is 1.38. The fourth-order valence-corrected chi connectivity index (χ4v) is 4.48. The van der Waals surface area contributed by atoms with Crippen LogP contribution in [0.5, 0.6) is 0 Å². The highest BCUT2D eigenvalue weighted by atomic mass is 16.5. The van der Waals surface area contributed by atoms with Gasteiger partial charge in [-0.2, -0.15) is 0 Å². The van der Waals surface area contributed by atoms with Crippen LogP contribution in [0.1, 0.15) is 51.4 Å². The van der Waals surface area contributed by atoms with E-state index in [2.05, 4.69) is 19.0 Å². The summed E-state index contributed by atoms with van der Waals surface area (Å²) in [5.41, 5.74) is 5.56.